The standard InChI is InChI=1S/C18H25ClN4O.HI/c1-4-13(5-2)17-10-15(24-23-17)12-22-18(20-3)21-11-14-8-6-7-9-16(14)19;/h6-10,13H,4-5,11-12H2,1-3H3,(H2,20,21,22);1H. The zero-order valence-corrected chi connectivity index (χ0v) is 18.0. The monoisotopic (exact) mass is 476 g/mol. The minimum Gasteiger partial charge on any atom is -0.359 e. The molecule has 0 saturated carbocycles. The summed E-state index contributed by atoms with van der Waals surface area (Å²) >= 11 is 6.16. The van der Waals surface area contributed by atoms with Crippen LogP contribution in [0.3, 0.4) is 0 Å². The van der Waals surface area contributed by atoms with Gasteiger partial charge in [0.2, 0.25) is 0 Å². The summed E-state index contributed by atoms with van der Waals surface area (Å²) in [6.07, 6.45) is 2.13. The third-order valence-electron chi connectivity index (χ3n) is 4.04. The van der Waals surface area contributed by atoms with E-state index < -0.39 is 0 Å². The molecule has 1 aromatic carbocycles. The third kappa shape index (κ3) is 6.51. The average molecular weight is 477 g/mol. The molecule has 0 spiro atoms. The zero-order chi connectivity index (χ0) is 17.4. The Morgan fingerprint density at radius 1 is 1.20 bits per heavy atom. The van der Waals surface area contributed by atoms with Gasteiger partial charge >= 0.3 is 0 Å². The van der Waals surface area contributed by atoms with Crippen molar-refractivity contribution >= 4 is 41.5 Å². The first-order valence-electron chi connectivity index (χ1n) is 8.31. The van der Waals surface area contributed by atoms with Gasteiger partial charge in [-0.2, -0.15) is 0 Å². The Labute approximate surface area is 171 Å². The van der Waals surface area contributed by atoms with Crippen molar-refractivity contribution in [2.45, 2.75) is 45.7 Å². The first kappa shape index (κ1) is 21.8. The summed E-state index contributed by atoms with van der Waals surface area (Å²) in [4.78, 5) is 4.21. The van der Waals surface area contributed by atoms with Gasteiger partial charge in [0.05, 0.1) is 12.2 Å². The summed E-state index contributed by atoms with van der Waals surface area (Å²) < 4.78 is 5.41. The Hall–Kier alpha value is -1.28. The van der Waals surface area contributed by atoms with Crippen molar-refractivity contribution in [2.24, 2.45) is 4.99 Å². The van der Waals surface area contributed by atoms with Gasteiger partial charge in [0.15, 0.2) is 11.7 Å². The van der Waals surface area contributed by atoms with Gasteiger partial charge in [-0.15, -0.1) is 24.0 Å². The molecule has 2 aromatic rings. The minimum atomic E-state index is 0. The van der Waals surface area contributed by atoms with Gasteiger partial charge in [-0.05, 0) is 24.5 Å². The number of nitrogens with zero attached hydrogens (tertiary/aromatic N) is 2. The highest BCUT2D eigenvalue weighted by atomic mass is 127. The lowest BCUT2D eigenvalue weighted by atomic mass is 9.99. The molecule has 5 nitrogen and oxygen atoms in total. The molecule has 0 aliphatic heterocycles. The van der Waals surface area contributed by atoms with E-state index in [0.717, 1.165) is 34.9 Å². The first-order valence-corrected chi connectivity index (χ1v) is 8.69. The molecule has 0 bridgehead atoms. The maximum Gasteiger partial charge on any atom is 0.191 e. The fourth-order valence-electron chi connectivity index (χ4n) is 2.52. The molecule has 0 saturated heterocycles. The fourth-order valence-corrected chi connectivity index (χ4v) is 2.73. The van der Waals surface area contributed by atoms with Crippen LogP contribution in [-0.2, 0) is 13.1 Å². The molecule has 1 aromatic heterocycles. The van der Waals surface area contributed by atoms with Crippen molar-refractivity contribution in [3.05, 3.63) is 52.4 Å². The van der Waals surface area contributed by atoms with E-state index >= 15 is 0 Å². The quantitative estimate of drug-likeness (QED) is 0.345. The van der Waals surface area contributed by atoms with Crippen LogP contribution in [0, 0.1) is 0 Å². The number of halogens is 2. The number of nitrogens with one attached hydrogen (secondary N) is 2. The van der Waals surface area contributed by atoms with E-state index in [-0.39, 0.29) is 24.0 Å². The van der Waals surface area contributed by atoms with E-state index in [0.29, 0.717) is 25.0 Å². The second kappa shape index (κ2) is 11.4. The van der Waals surface area contributed by atoms with Gasteiger partial charge in [0, 0.05) is 30.6 Å². The zero-order valence-electron chi connectivity index (χ0n) is 14.9. The van der Waals surface area contributed by atoms with Crippen LogP contribution < -0.4 is 10.6 Å². The molecule has 138 valence electrons. The number of aromatic nitrogens is 1. The van der Waals surface area contributed by atoms with Crippen LogP contribution in [0.1, 0.15) is 49.6 Å². The van der Waals surface area contributed by atoms with Crippen molar-refractivity contribution in [1.82, 2.24) is 15.8 Å². The van der Waals surface area contributed by atoms with Crippen molar-refractivity contribution < 1.29 is 4.52 Å². The predicted octanol–water partition coefficient (Wildman–Crippen LogP) is 4.71. The Balaban J connectivity index is 0.00000312. The van der Waals surface area contributed by atoms with Gasteiger partial charge in [0.25, 0.3) is 0 Å². The van der Waals surface area contributed by atoms with Crippen molar-refractivity contribution in [2.75, 3.05) is 7.05 Å². The highest BCUT2D eigenvalue weighted by Gasteiger charge is 2.13. The van der Waals surface area contributed by atoms with Gasteiger partial charge in [0.1, 0.15) is 0 Å². The average Bonchev–Trinajstić information content (AvgIpc) is 3.06. The van der Waals surface area contributed by atoms with E-state index in [4.69, 9.17) is 16.1 Å². The van der Waals surface area contributed by atoms with Crippen molar-refractivity contribution in [3.63, 3.8) is 0 Å². The van der Waals surface area contributed by atoms with Crippen molar-refractivity contribution in [1.29, 1.82) is 0 Å². The maximum absolute atomic E-state index is 6.16. The highest BCUT2D eigenvalue weighted by molar-refractivity contribution is 14.0. The summed E-state index contributed by atoms with van der Waals surface area (Å²) in [7, 11) is 1.73. The number of hydrogen-bond acceptors (Lipinski definition) is 3. The van der Waals surface area contributed by atoms with E-state index in [1.165, 1.54) is 0 Å². The number of hydrogen-bond donors (Lipinski definition) is 2. The number of aliphatic imine (C=N–C) groups is 1. The lowest BCUT2D eigenvalue weighted by Crippen LogP contribution is -2.36. The summed E-state index contributed by atoms with van der Waals surface area (Å²) in [6, 6.07) is 9.77. The minimum absolute atomic E-state index is 0. The molecule has 1 heterocycles. The number of guanidine groups is 1. The fraction of sp³-hybridized carbons (Fsp3) is 0.444. The molecule has 0 aliphatic carbocycles. The SMILES string of the molecule is CCC(CC)c1cc(CNC(=NC)NCc2ccccc2Cl)on1.I. The van der Waals surface area contributed by atoms with Crippen LogP contribution in [0.4, 0.5) is 0 Å². The molecule has 2 rings (SSSR count). The van der Waals surface area contributed by atoms with E-state index in [1.54, 1.807) is 7.05 Å². The molecule has 7 heteroatoms. The van der Waals surface area contributed by atoms with Gasteiger partial charge in [-0.1, -0.05) is 48.8 Å². The molecule has 0 radical (unpaired) electrons. The predicted molar refractivity (Wildman–Crippen MR) is 114 cm³/mol. The molecule has 0 amide bonds. The van der Waals surface area contributed by atoms with Crippen LogP contribution in [0.2, 0.25) is 5.02 Å². The van der Waals surface area contributed by atoms with Crippen LogP contribution in [0.15, 0.2) is 39.8 Å². The summed E-state index contributed by atoms with van der Waals surface area (Å²) in [5, 5.41) is 11.4. The van der Waals surface area contributed by atoms with E-state index in [9.17, 15) is 0 Å². The lowest BCUT2D eigenvalue weighted by molar-refractivity contribution is 0.368. The van der Waals surface area contributed by atoms with E-state index in [1.807, 2.05) is 30.3 Å². The number of benzene rings is 1. The summed E-state index contributed by atoms with van der Waals surface area (Å²) in [5.74, 6) is 1.95. The molecule has 0 fully saturated rings. The third-order valence-corrected chi connectivity index (χ3v) is 4.41. The molecule has 2 N–H and O–H groups in total. The molecular weight excluding hydrogens is 451 g/mol. The largest absolute Gasteiger partial charge is 0.359 e. The van der Waals surface area contributed by atoms with Gasteiger partial charge < -0.3 is 15.2 Å². The van der Waals surface area contributed by atoms with Crippen molar-refractivity contribution in [3.8, 4) is 0 Å². The maximum atomic E-state index is 6.16. The first-order chi connectivity index (χ1) is 11.7. The Morgan fingerprint density at radius 2 is 1.88 bits per heavy atom. The molecule has 0 aliphatic rings. The summed E-state index contributed by atoms with van der Waals surface area (Å²) in [6.45, 7) is 5.48. The molecular formula is C18H26ClIN4O. The number of rotatable bonds is 7. The highest BCUT2D eigenvalue weighted by Crippen LogP contribution is 2.22. The molecule has 0 atom stereocenters. The van der Waals surface area contributed by atoms with Crippen LogP contribution >= 0.6 is 35.6 Å². The topological polar surface area (TPSA) is 62.5 Å². The Kier molecular flexibility index (Phi) is 9.89. The molecule has 25 heavy (non-hydrogen) atoms. The Bertz CT molecular complexity index is 671. The Morgan fingerprint density at radius 3 is 2.52 bits per heavy atom. The van der Waals surface area contributed by atoms with E-state index in [2.05, 4.69) is 34.6 Å². The normalized spacial score (nSPS) is 11.3. The second-order valence-electron chi connectivity index (χ2n) is 5.60. The lowest BCUT2D eigenvalue weighted by Gasteiger charge is -2.11. The second-order valence-corrected chi connectivity index (χ2v) is 6.01. The smallest absolute Gasteiger partial charge is 0.191 e. The van der Waals surface area contributed by atoms with Crippen LogP contribution in [-0.4, -0.2) is 18.2 Å². The molecule has 0 unspecified atom stereocenters. The van der Waals surface area contributed by atoms with Gasteiger partial charge in [-0.3, -0.25) is 4.99 Å². The van der Waals surface area contributed by atoms with Gasteiger partial charge in [-0.25, -0.2) is 0 Å². The van der Waals surface area contributed by atoms with Crippen LogP contribution in [0.25, 0.3) is 0 Å². The van der Waals surface area contributed by atoms with Crippen LogP contribution in [0.5, 0.6) is 0 Å². The summed E-state index contributed by atoms with van der Waals surface area (Å²) in [5.41, 5.74) is 2.05.